The van der Waals surface area contributed by atoms with Crippen LogP contribution in [0.3, 0.4) is 0 Å². The number of nitrogens with zero attached hydrogens (tertiary/aromatic N) is 1. The van der Waals surface area contributed by atoms with Crippen LogP contribution in [0.1, 0.15) is 16.7 Å². The molecule has 2 aromatic carbocycles. The molecule has 0 radical (unpaired) electrons. The lowest BCUT2D eigenvalue weighted by Gasteiger charge is -2.22. The smallest absolute Gasteiger partial charge is 0.115 e. The molecule has 0 unspecified atom stereocenters. The Balaban J connectivity index is 2.04. The molecule has 21 heavy (non-hydrogen) atoms. The molecular weight excluding hydrogens is 262 g/mol. The van der Waals surface area contributed by atoms with Crippen molar-refractivity contribution in [2.45, 2.75) is 20.0 Å². The first-order valence-electron chi connectivity index (χ1n) is 7.22. The van der Waals surface area contributed by atoms with Crippen LogP contribution in [0, 0.1) is 6.92 Å². The van der Waals surface area contributed by atoms with Crippen molar-refractivity contribution in [2.24, 2.45) is 0 Å². The Labute approximate surface area is 126 Å². The molecular formula is C18H23NO2. The molecule has 0 bridgehead atoms. The molecule has 0 heterocycles. The van der Waals surface area contributed by atoms with Crippen LogP contribution in [0.15, 0.2) is 48.5 Å². The zero-order valence-corrected chi connectivity index (χ0v) is 12.7. The summed E-state index contributed by atoms with van der Waals surface area (Å²) in [5, 5.41) is 9.58. The second-order valence-electron chi connectivity index (χ2n) is 5.36. The SMILES string of the molecule is COCCN(Cc1ccc(C)cc1)Cc1cccc(O)c1. The summed E-state index contributed by atoms with van der Waals surface area (Å²) >= 11 is 0. The largest absolute Gasteiger partial charge is 0.508 e. The summed E-state index contributed by atoms with van der Waals surface area (Å²) in [6.45, 7) is 5.33. The van der Waals surface area contributed by atoms with Crippen molar-refractivity contribution in [2.75, 3.05) is 20.3 Å². The van der Waals surface area contributed by atoms with Crippen LogP contribution in [0.5, 0.6) is 5.75 Å². The second kappa shape index (κ2) is 7.81. The van der Waals surface area contributed by atoms with Crippen LogP contribution < -0.4 is 0 Å². The lowest BCUT2D eigenvalue weighted by atomic mass is 10.1. The van der Waals surface area contributed by atoms with Crippen molar-refractivity contribution in [1.82, 2.24) is 4.90 Å². The van der Waals surface area contributed by atoms with E-state index >= 15 is 0 Å². The van der Waals surface area contributed by atoms with Gasteiger partial charge in [0.05, 0.1) is 6.61 Å². The van der Waals surface area contributed by atoms with Crippen LogP contribution in [-0.2, 0) is 17.8 Å². The van der Waals surface area contributed by atoms with E-state index in [2.05, 4.69) is 36.1 Å². The highest BCUT2D eigenvalue weighted by Crippen LogP contribution is 2.15. The maximum Gasteiger partial charge on any atom is 0.115 e. The fourth-order valence-electron chi connectivity index (χ4n) is 2.30. The van der Waals surface area contributed by atoms with Gasteiger partial charge in [0.1, 0.15) is 5.75 Å². The van der Waals surface area contributed by atoms with Gasteiger partial charge < -0.3 is 9.84 Å². The summed E-state index contributed by atoms with van der Waals surface area (Å²) in [5.41, 5.74) is 3.67. The number of phenolic OH excluding ortho intramolecular Hbond substituents is 1. The van der Waals surface area contributed by atoms with E-state index in [1.54, 1.807) is 13.2 Å². The fraction of sp³-hybridized carbons (Fsp3) is 0.333. The second-order valence-corrected chi connectivity index (χ2v) is 5.36. The number of hydrogen-bond donors (Lipinski definition) is 1. The lowest BCUT2D eigenvalue weighted by molar-refractivity contribution is 0.140. The Morgan fingerprint density at radius 1 is 1.00 bits per heavy atom. The maximum absolute atomic E-state index is 9.58. The van der Waals surface area contributed by atoms with Crippen molar-refractivity contribution >= 4 is 0 Å². The average molecular weight is 285 g/mol. The van der Waals surface area contributed by atoms with E-state index in [0.29, 0.717) is 12.4 Å². The highest BCUT2D eigenvalue weighted by molar-refractivity contribution is 5.27. The van der Waals surface area contributed by atoms with E-state index in [1.807, 2.05) is 18.2 Å². The van der Waals surface area contributed by atoms with Crippen LogP contribution in [0.2, 0.25) is 0 Å². The molecule has 0 aliphatic rings. The molecule has 112 valence electrons. The number of aromatic hydroxyl groups is 1. The number of ether oxygens (including phenoxy) is 1. The highest BCUT2D eigenvalue weighted by atomic mass is 16.5. The molecule has 0 aliphatic heterocycles. The molecule has 0 spiro atoms. The predicted octanol–water partition coefficient (Wildman–Crippen LogP) is 3.35. The Hall–Kier alpha value is -1.84. The zero-order chi connectivity index (χ0) is 15.1. The first kappa shape index (κ1) is 15.5. The minimum absolute atomic E-state index is 0.314. The van der Waals surface area contributed by atoms with Crippen LogP contribution >= 0.6 is 0 Å². The predicted molar refractivity (Wildman–Crippen MR) is 85.3 cm³/mol. The Kier molecular flexibility index (Phi) is 5.78. The van der Waals surface area contributed by atoms with Gasteiger partial charge in [0.25, 0.3) is 0 Å². The van der Waals surface area contributed by atoms with Crippen molar-refractivity contribution in [1.29, 1.82) is 0 Å². The minimum Gasteiger partial charge on any atom is -0.508 e. The number of aryl methyl sites for hydroxylation is 1. The minimum atomic E-state index is 0.314. The number of hydrogen-bond acceptors (Lipinski definition) is 3. The van der Waals surface area contributed by atoms with E-state index in [9.17, 15) is 5.11 Å². The Morgan fingerprint density at radius 2 is 1.71 bits per heavy atom. The molecule has 0 atom stereocenters. The van der Waals surface area contributed by atoms with Gasteiger partial charge in [-0.15, -0.1) is 0 Å². The topological polar surface area (TPSA) is 32.7 Å². The molecule has 3 nitrogen and oxygen atoms in total. The quantitative estimate of drug-likeness (QED) is 0.847. The third-order valence-corrected chi connectivity index (χ3v) is 3.46. The van der Waals surface area contributed by atoms with Crippen LogP contribution in [0.25, 0.3) is 0 Å². The highest BCUT2D eigenvalue weighted by Gasteiger charge is 2.07. The summed E-state index contributed by atoms with van der Waals surface area (Å²) in [5.74, 6) is 0.314. The average Bonchev–Trinajstić information content (AvgIpc) is 2.47. The molecule has 1 N–H and O–H groups in total. The molecule has 0 aliphatic carbocycles. The molecule has 2 aromatic rings. The van der Waals surface area contributed by atoms with Gasteiger partial charge in [-0.05, 0) is 30.2 Å². The normalized spacial score (nSPS) is 11.0. The van der Waals surface area contributed by atoms with Crippen molar-refractivity contribution < 1.29 is 9.84 Å². The molecule has 0 saturated heterocycles. The van der Waals surface area contributed by atoms with Gasteiger partial charge >= 0.3 is 0 Å². The third-order valence-electron chi connectivity index (χ3n) is 3.46. The van der Waals surface area contributed by atoms with E-state index < -0.39 is 0 Å². The summed E-state index contributed by atoms with van der Waals surface area (Å²) in [6, 6.07) is 16.0. The van der Waals surface area contributed by atoms with Gasteiger partial charge in [0.2, 0.25) is 0 Å². The van der Waals surface area contributed by atoms with Crippen LogP contribution in [-0.4, -0.2) is 30.3 Å². The molecule has 0 fully saturated rings. The summed E-state index contributed by atoms with van der Waals surface area (Å²) in [7, 11) is 1.72. The number of benzene rings is 2. The van der Waals surface area contributed by atoms with E-state index in [0.717, 1.165) is 25.2 Å². The van der Waals surface area contributed by atoms with Crippen molar-refractivity contribution in [3.63, 3.8) is 0 Å². The molecule has 0 amide bonds. The van der Waals surface area contributed by atoms with E-state index in [1.165, 1.54) is 11.1 Å². The summed E-state index contributed by atoms with van der Waals surface area (Å²) in [4.78, 5) is 2.32. The summed E-state index contributed by atoms with van der Waals surface area (Å²) in [6.07, 6.45) is 0. The zero-order valence-electron chi connectivity index (χ0n) is 12.7. The third kappa shape index (κ3) is 5.21. The molecule has 0 aromatic heterocycles. The maximum atomic E-state index is 9.58. The molecule has 0 saturated carbocycles. The molecule has 2 rings (SSSR count). The monoisotopic (exact) mass is 285 g/mol. The van der Waals surface area contributed by atoms with Gasteiger partial charge in [0.15, 0.2) is 0 Å². The fourth-order valence-corrected chi connectivity index (χ4v) is 2.30. The van der Waals surface area contributed by atoms with Gasteiger partial charge in [0, 0.05) is 26.7 Å². The number of phenols is 1. The first-order valence-corrected chi connectivity index (χ1v) is 7.22. The van der Waals surface area contributed by atoms with Gasteiger partial charge in [-0.25, -0.2) is 0 Å². The van der Waals surface area contributed by atoms with Gasteiger partial charge in [-0.1, -0.05) is 42.0 Å². The molecule has 3 heteroatoms. The van der Waals surface area contributed by atoms with E-state index in [4.69, 9.17) is 4.74 Å². The lowest BCUT2D eigenvalue weighted by Crippen LogP contribution is -2.26. The van der Waals surface area contributed by atoms with Crippen molar-refractivity contribution in [3.05, 3.63) is 65.2 Å². The number of rotatable bonds is 7. The van der Waals surface area contributed by atoms with Gasteiger partial charge in [-0.2, -0.15) is 0 Å². The summed E-state index contributed by atoms with van der Waals surface area (Å²) < 4.78 is 5.20. The van der Waals surface area contributed by atoms with Crippen molar-refractivity contribution in [3.8, 4) is 5.75 Å². The Morgan fingerprint density at radius 3 is 2.38 bits per heavy atom. The van der Waals surface area contributed by atoms with E-state index in [-0.39, 0.29) is 0 Å². The first-order chi connectivity index (χ1) is 10.2. The standard InChI is InChI=1S/C18H23NO2/c1-15-6-8-16(9-7-15)13-19(10-11-21-2)14-17-4-3-5-18(20)12-17/h3-9,12,20H,10-11,13-14H2,1-2H3. The Bertz CT molecular complexity index is 551. The van der Waals surface area contributed by atoms with Gasteiger partial charge in [-0.3, -0.25) is 4.90 Å². The number of methoxy groups -OCH3 is 1. The van der Waals surface area contributed by atoms with Crippen LogP contribution in [0.4, 0.5) is 0 Å².